The molecule has 0 saturated heterocycles. The van der Waals surface area contributed by atoms with Crippen molar-refractivity contribution < 1.29 is 19.7 Å². The topological polar surface area (TPSA) is 58.9 Å². The van der Waals surface area contributed by atoms with Gasteiger partial charge in [-0.05, 0) is 35.8 Å². The van der Waals surface area contributed by atoms with Gasteiger partial charge in [0.1, 0.15) is 12.2 Å². The van der Waals surface area contributed by atoms with E-state index < -0.39 is 6.10 Å². The molecule has 1 heterocycles. The Balaban J connectivity index is 2.05. The van der Waals surface area contributed by atoms with E-state index in [1.54, 1.807) is 7.11 Å². The van der Waals surface area contributed by atoms with Gasteiger partial charge in [-0.3, -0.25) is 0 Å². The lowest BCUT2D eigenvalue weighted by atomic mass is 9.48. The Hall–Kier alpha value is -1.26. The minimum absolute atomic E-state index is 0.0000402. The molecule has 4 nitrogen and oxygen atoms in total. The van der Waals surface area contributed by atoms with Crippen molar-refractivity contribution in [2.75, 3.05) is 7.11 Å². The van der Waals surface area contributed by atoms with E-state index in [4.69, 9.17) is 9.47 Å². The first kappa shape index (κ1) is 17.2. The summed E-state index contributed by atoms with van der Waals surface area (Å²) in [4.78, 5) is 0. The number of phenolic OH excluding ortho intramolecular Hbond substituents is 1. The van der Waals surface area contributed by atoms with Crippen molar-refractivity contribution in [1.82, 2.24) is 0 Å². The second-order valence-corrected chi connectivity index (χ2v) is 9.30. The maximum absolute atomic E-state index is 11.3. The van der Waals surface area contributed by atoms with Crippen LogP contribution in [0.5, 0.6) is 11.5 Å². The third kappa shape index (κ3) is 1.95. The summed E-state index contributed by atoms with van der Waals surface area (Å²) in [7, 11) is 1.66. The Labute approximate surface area is 150 Å². The first-order valence-corrected chi connectivity index (χ1v) is 9.42. The Morgan fingerprint density at radius 1 is 1.28 bits per heavy atom. The number of ether oxygens (including phenoxy) is 2. The second-order valence-electron chi connectivity index (χ2n) is 9.30. The van der Waals surface area contributed by atoms with Crippen LogP contribution in [0, 0.1) is 11.3 Å². The van der Waals surface area contributed by atoms with Gasteiger partial charge in [-0.15, -0.1) is 0 Å². The van der Waals surface area contributed by atoms with Gasteiger partial charge in [0.05, 0.1) is 6.10 Å². The molecule has 1 fully saturated rings. The molecule has 2 N–H and O–H groups in total. The molecule has 138 valence electrons. The summed E-state index contributed by atoms with van der Waals surface area (Å²) in [6.07, 6.45) is 0.964. The molecule has 4 rings (SSSR count). The molecule has 0 aromatic heterocycles. The van der Waals surface area contributed by atoms with Crippen LogP contribution in [0.1, 0.15) is 76.2 Å². The van der Waals surface area contributed by atoms with Crippen LogP contribution in [0.2, 0.25) is 0 Å². The van der Waals surface area contributed by atoms with Gasteiger partial charge in [0.15, 0.2) is 11.5 Å². The second kappa shape index (κ2) is 5.14. The molecule has 1 aliphatic heterocycles. The molecule has 0 bridgehead atoms. The number of aliphatic hydroxyl groups excluding tert-OH is 1. The van der Waals surface area contributed by atoms with Crippen LogP contribution in [0.25, 0.3) is 0 Å². The largest absolute Gasteiger partial charge is 0.504 e. The molecule has 2 aliphatic carbocycles. The van der Waals surface area contributed by atoms with E-state index in [0.29, 0.717) is 5.75 Å². The maximum Gasteiger partial charge on any atom is 0.165 e. The Morgan fingerprint density at radius 3 is 2.56 bits per heavy atom. The zero-order valence-corrected chi connectivity index (χ0v) is 16.1. The molecule has 1 saturated carbocycles. The normalized spacial score (nSPS) is 37.8. The van der Waals surface area contributed by atoms with Crippen LogP contribution in [-0.4, -0.2) is 29.5 Å². The summed E-state index contributed by atoms with van der Waals surface area (Å²) < 4.78 is 12.1. The highest BCUT2D eigenvalue weighted by molar-refractivity contribution is 5.64. The van der Waals surface area contributed by atoms with E-state index in [2.05, 4.69) is 34.6 Å². The fourth-order valence-electron chi connectivity index (χ4n) is 6.08. The first-order valence-electron chi connectivity index (χ1n) is 9.42. The molecule has 3 aliphatic rings. The smallest absolute Gasteiger partial charge is 0.165 e. The van der Waals surface area contributed by atoms with Crippen LogP contribution in [-0.2, 0) is 10.2 Å². The number of aromatic hydroxyl groups is 1. The predicted octanol–water partition coefficient (Wildman–Crippen LogP) is 4.03. The predicted molar refractivity (Wildman–Crippen MR) is 96.2 cm³/mol. The fourth-order valence-corrected chi connectivity index (χ4v) is 6.08. The summed E-state index contributed by atoms with van der Waals surface area (Å²) in [5.41, 5.74) is 2.60. The highest BCUT2D eigenvalue weighted by atomic mass is 16.5. The highest BCUT2D eigenvalue weighted by Gasteiger charge is 2.65. The fraction of sp³-hybridized carbons (Fsp3) is 0.714. The summed E-state index contributed by atoms with van der Waals surface area (Å²) in [5, 5.41) is 22.2. The lowest BCUT2D eigenvalue weighted by Gasteiger charge is -2.57. The standard InChI is InChI=1S/C21H30O4/c1-10(2)11-9-12-14-18(15(11)22)25-13-7-8-20(3,4)19(21(13,14)5)16(23)17(12)24-6/h9-10,13,16-17,19,22-23H,7-8H2,1-6H3/t13-,16+,17-,19+,21-/m1/s1. The van der Waals surface area contributed by atoms with Crippen LogP contribution in [0.3, 0.4) is 0 Å². The van der Waals surface area contributed by atoms with Gasteiger partial charge < -0.3 is 19.7 Å². The van der Waals surface area contributed by atoms with Crippen molar-refractivity contribution in [3.8, 4) is 11.5 Å². The summed E-state index contributed by atoms with van der Waals surface area (Å²) in [6.45, 7) is 10.8. The molecule has 0 spiro atoms. The van der Waals surface area contributed by atoms with Gasteiger partial charge in [0, 0.05) is 29.6 Å². The number of methoxy groups -OCH3 is 1. The van der Waals surface area contributed by atoms with Crippen molar-refractivity contribution in [3.05, 3.63) is 22.8 Å². The van der Waals surface area contributed by atoms with Crippen LogP contribution in [0.15, 0.2) is 6.07 Å². The number of hydrogen-bond acceptors (Lipinski definition) is 4. The van der Waals surface area contributed by atoms with Crippen molar-refractivity contribution in [2.45, 2.75) is 77.1 Å². The van der Waals surface area contributed by atoms with E-state index in [1.807, 2.05) is 6.07 Å². The first-order chi connectivity index (χ1) is 11.6. The maximum atomic E-state index is 11.3. The van der Waals surface area contributed by atoms with E-state index in [-0.39, 0.29) is 40.6 Å². The minimum atomic E-state index is -0.584. The molecule has 25 heavy (non-hydrogen) atoms. The third-order valence-corrected chi connectivity index (χ3v) is 7.16. The van der Waals surface area contributed by atoms with E-state index >= 15 is 0 Å². The highest BCUT2D eigenvalue weighted by Crippen LogP contribution is 2.66. The van der Waals surface area contributed by atoms with Crippen LogP contribution in [0.4, 0.5) is 0 Å². The van der Waals surface area contributed by atoms with E-state index in [0.717, 1.165) is 29.5 Å². The zero-order valence-electron chi connectivity index (χ0n) is 16.1. The number of rotatable bonds is 2. The number of aliphatic hydroxyl groups is 1. The Kier molecular flexibility index (Phi) is 3.53. The van der Waals surface area contributed by atoms with Crippen molar-refractivity contribution in [2.24, 2.45) is 11.3 Å². The average Bonchev–Trinajstić information content (AvgIpc) is 2.82. The van der Waals surface area contributed by atoms with E-state index in [9.17, 15) is 10.2 Å². The van der Waals surface area contributed by atoms with Gasteiger partial charge in [-0.1, -0.05) is 34.6 Å². The summed E-state index contributed by atoms with van der Waals surface area (Å²) >= 11 is 0. The van der Waals surface area contributed by atoms with Crippen molar-refractivity contribution in [1.29, 1.82) is 0 Å². The number of phenols is 1. The molecule has 0 unspecified atom stereocenters. The molecular weight excluding hydrogens is 316 g/mol. The minimum Gasteiger partial charge on any atom is -0.504 e. The SMILES string of the molecule is CO[C@@H]1c2cc(C(C)C)c(O)c3c2[C@@]2(C)[C@@H](CCC(C)(C)[C@@H]2[C@H]1O)O3. The molecule has 0 radical (unpaired) electrons. The van der Waals surface area contributed by atoms with Gasteiger partial charge in [-0.25, -0.2) is 0 Å². The lowest BCUT2D eigenvalue weighted by Crippen LogP contribution is -2.60. The summed E-state index contributed by atoms with van der Waals surface area (Å²) in [5.74, 6) is 1.10. The summed E-state index contributed by atoms with van der Waals surface area (Å²) in [6, 6.07) is 2.03. The van der Waals surface area contributed by atoms with E-state index in [1.165, 1.54) is 0 Å². The van der Waals surface area contributed by atoms with Gasteiger partial charge in [0.2, 0.25) is 0 Å². The quantitative estimate of drug-likeness (QED) is 0.849. The zero-order chi connectivity index (χ0) is 18.3. The molecule has 0 amide bonds. The van der Waals surface area contributed by atoms with Gasteiger partial charge in [-0.2, -0.15) is 0 Å². The number of benzene rings is 1. The van der Waals surface area contributed by atoms with Crippen molar-refractivity contribution >= 4 is 0 Å². The molecule has 1 aromatic rings. The molecule has 4 heteroatoms. The Bertz CT molecular complexity index is 723. The van der Waals surface area contributed by atoms with Crippen LogP contribution < -0.4 is 4.74 Å². The third-order valence-electron chi connectivity index (χ3n) is 7.16. The van der Waals surface area contributed by atoms with Crippen molar-refractivity contribution in [3.63, 3.8) is 0 Å². The molecule has 5 atom stereocenters. The van der Waals surface area contributed by atoms with Crippen LogP contribution >= 0.6 is 0 Å². The van der Waals surface area contributed by atoms with Gasteiger partial charge in [0.25, 0.3) is 0 Å². The number of hydrogen-bond donors (Lipinski definition) is 2. The Morgan fingerprint density at radius 2 is 1.96 bits per heavy atom. The lowest BCUT2D eigenvalue weighted by molar-refractivity contribution is -0.140. The molecular formula is C21H30O4. The van der Waals surface area contributed by atoms with Gasteiger partial charge >= 0.3 is 0 Å². The monoisotopic (exact) mass is 346 g/mol. The molecule has 1 aromatic carbocycles. The average molecular weight is 346 g/mol.